The molecule has 0 unspecified atom stereocenters. The summed E-state index contributed by atoms with van der Waals surface area (Å²) < 4.78 is 66.1. The molecule has 0 aliphatic carbocycles. The summed E-state index contributed by atoms with van der Waals surface area (Å²) in [6, 6.07) is 9.71. The van der Waals surface area contributed by atoms with Gasteiger partial charge in [-0.3, -0.25) is 4.79 Å². The third-order valence-electron chi connectivity index (χ3n) is 3.63. The zero-order valence-electron chi connectivity index (χ0n) is 14.3. The molecule has 146 valence electrons. The first-order chi connectivity index (χ1) is 13.3. The van der Waals surface area contributed by atoms with Gasteiger partial charge >= 0.3 is 12.1 Å². The van der Waals surface area contributed by atoms with Crippen LogP contribution in [0, 0.1) is 5.82 Å². The smallest absolute Gasteiger partial charge is 0.471 e. The van der Waals surface area contributed by atoms with Crippen molar-refractivity contribution in [2.24, 2.45) is 0 Å². The first-order valence-electron chi connectivity index (χ1n) is 7.79. The summed E-state index contributed by atoms with van der Waals surface area (Å²) in [4.78, 5) is 15.3. The van der Waals surface area contributed by atoms with Gasteiger partial charge in [0.2, 0.25) is 5.82 Å². The van der Waals surface area contributed by atoms with Crippen LogP contribution in [0.15, 0.2) is 47.0 Å². The summed E-state index contributed by atoms with van der Waals surface area (Å²) in [6.45, 7) is -0.356. The molecule has 0 fully saturated rings. The predicted molar refractivity (Wildman–Crippen MR) is 87.5 cm³/mol. The zero-order valence-corrected chi connectivity index (χ0v) is 14.3. The minimum atomic E-state index is -4.84. The Bertz CT molecular complexity index is 984. The van der Waals surface area contributed by atoms with E-state index < -0.39 is 29.5 Å². The molecule has 6 nitrogen and oxygen atoms in total. The number of methoxy groups -OCH3 is 1. The molecule has 28 heavy (non-hydrogen) atoms. The fraction of sp³-hybridized carbons (Fsp3) is 0.167. The van der Waals surface area contributed by atoms with E-state index in [-0.39, 0.29) is 17.7 Å². The number of hydrogen-bond acceptors (Lipinski definition) is 6. The van der Waals surface area contributed by atoms with Gasteiger partial charge in [0.15, 0.2) is 12.4 Å². The van der Waals surface area contributed by atoms with Crippen LogP contribution in [-0.2, 0) is 6.18 Å². The van der Waals surface area contributed by atoms with E-state index in [9.17, 15) is 22.4 Å². The summed E-state index contributed by atoms with van der Waals surface area (Å²) in [5, 5.41) is 3.11. The Hall–Kier alpha value is -3.43. The second-order valence-electron chi connectivity index (χ2n) is 5.50. The van der Waals surface area contributed by atoms with E-state index >= 15 is 0 Å². The molecule has 0 N–H and O–H groups in total. The van der Waals surface area contributed by atoms with Gasteiger partial charge in [0, 0.05) is 5.56 Å². The van der Waals surface area contributed by atoms with E-state index in [0.717, 1.165) is 12.1 Å². The van der Waals surface area contributed by atoms with Crippen molar-refractivity contribution in [2.75, 3.05) is 13.7 Å². The number of halogens is 4. The number of ether oxygens (including phenoxy) is 2. The lowest BCUT2D eigenvalue weighted by Crippen LogP contribution is -2.12. The third kappa shape index (κ3) is 4.27. The fourth-order valence-corrected chi connectivity index (χ4v) is 2.22. The molecule has 2 aromatic carbocycles. The average Bonchev–Trinajstić information content (AvgIpc) is 3.16. The molecule has 0 amide bonds. The van der Waals surface area contributed by atoms with E-state index in [1.54, 1.807) is 24.3 Å². The summed E-state index contributed by atoms with van der Waals surface area (Å²) in [5.74, 6) is -2.62. The summed E-state index contributed by atoms with van der Waals surface area (Å²) >= 11 is 0. The SMILES string of the molecule is COc1ccc(OCC(=O)c2ccc(-c3noc(C(F)(F)F)n3)c(F)c2)cc1. The molecular formula is C18H12F4N2O4. The highest BCUT2D eigenvalue weighted by Crippen LogP contribution is 2.30. The quantitative estimate of drug-likeness (QED) is 0.460. The van der Waals surface area contributed by atoms with Gasteiger partial charge < -0.3 is 14.0 Å². The highest BCUT2D eigenvalue weighted by atomic mass is 19.4. The van der Waals surface area contributed by atoms with Crippen LogP contribution in [0.25, 0.3) is 11.4 Å². The largest absolute Gasteiger partial charge is 0.497 e. The number of Topliss-reactive ketones (excluding diaryl/α,β-unsaturated/α-hetero) is 1. The Labute approximate surface area is 155 Å². The lowest BCUT2D eigenvalue weighted by Gasteiger charge is -2.07. The monoisotopic (exact) mass is 396 g/mol. The van der Waals surface area contributed by atoms with Crippen LogP contribution < -0.4 is 9.47 Å². The van der Waals surface area contributed by atoms with Gasteiger partial charge in [-0.25, -0.2) is 4.39 Å². The van der Waals surface area contributed by atoms with Crippen LogP contribution >= 0.6 is 0 Å². The van der Waals surface area contributed by atoms with Gasteiger partial charge in [-0.05, 0) is 36.4 Å². The Morgan fingerprint density at radius 1 is 1.11 bits per heavy atom. The minimum Gasteiger partial charge on any atom is -0.497 e. The summed E-state index contributed by atoms with van der Waals surface area (Å²) in [6.07, 6.45) is -4.84. The van der Waals surface area contributed by atoms with Crippen molar-refractivity contribution >= 4 is 5.78 Å². The number of benzene rings is 2. The Balaban J connectivity index is 1.70. The zero-order chi connectivity index (χ0) is 20.3. The number of carbonyl (C=O) groups excluding carboxylic acids is 1. The van der Waals surface area contributed by atoms with Gasteiger partial charge in [-0.15, -0.1) is 0 Å². The van der Waals surface area contributed by atoms with Crippen molar-refractivity contribution in [3.8, 4) is 22.9 Å². The molecule has 0 saturated heterocycles. The van der Waals surface area contributed by atoms with Gasteiger partial charge in [0.1, 0.15) is 17.3 Å². The van der Waals surface area contributed by atoms with E-state index in [1.165, 1.54) is 13.2 Å². The molecule has 0 saturated carbocycles. The van der Waals surface area contributed by atoms with Crippen molar-refractivity contribution in [2.45, 2.75) is 6.18 Å². The van der Waals surface area contributed by atoms with Crippen LogP contribution in [0.1, 0.15) is 16.2 Å². The third-order valence-corrected chi connectivity index (χ3v) is 3.63. The van der Waals surface area contributed by atoms with Gasteiger partial charge in [0.25, 0.3) is 0 Å². The minimum absolute atomic E-state index is 0.0192. The number of ketones is 1. The second-order valence-corrected chi connectivity index (χ2v) is 5.50. The van der Waals surface area contributed by atoms with Gasteiger partial charge in [-0.1, -0.05) is 11.2 Å². The highest BCUT2D eigenvalue weighted by molar-refractivity contribution is 5.97. The van der Waals surface area contributed by atoms with E-state index in [0.29, 0.717) is 11.5 Å². The van der Waals surface area contributed by atoms with Crippen molar-refractivity contribution in [3.05, 3.63) is 59.7 Å². The molecule has 0 aliphatic rings. The van der Waals surface area contributed by atoms with Crippen molar-refractivity contribution in [3.63, 3.8) is 0 Å². The summed E-state index contributed by atoms with van der Waals surface area (Å²) in [5.41, 5.74) is -0.346. The van der Waals surface area contributed by atoms with Crippen LogP contribution in [0.4, 0.5) is 17.6 Å². The van der Waals surface area contributed by atoms with Crippen LogP contribution in [-0.4, -0.2) is 29.6 Å². The molecule has 0 radical (unpaired) electrons. The molecule has 3 rings (SSSR count). The van der Waals surface area contributed by atoms with E-state index in [4.69, 9.17) is 9.47 Å². The first-order valence-corrected chi connectivity index (χ1v) is 7.79. The molecule has 0 spiro atoms. The topological polar surface area (TPSA) is 74.5 Å². The molecule has 1 aromatic heterocycles. The first kappa shape index (κ1) is 19.3. The molecule has 0 bridgehead atoms. The number of rotatable bonds is 6. The number of alkyl halides is 3. The molecule has 10 heteroatoms. The average molecular weight is 396 g/mol. The molecule has 3 aromatic rings. The standard InChI is InChI=1S/C18H12F4N2O4/c1-26-11-3-5-12(6-4-11)27-9-15(25)10-2-7-13(14(19)8-10)16-23-17(28-24-16)18(20,21)22/h2-8H,9H2,1H3. The second kappa shape index (κ2) is 7.67. The van der Waals surface area contributed by atoms with Gasteiger partial charge in [-0.2, -0.15) is 18.2 Å². The Morgan fingerprint density at radius 3 is 2.36 bits per heavy atom. The maximum Gasteiger partial charge on any atom is 0.471 e. The molecule has 1 heterocycles. The maximum absolute atomic E-state index is 14.2. The van der Waals surface area contributed by atoms with E-state index in [2.05, 4.69) is 14.7 Å². The lowest BCUT2D eigenvalue weighted by molar-refractivity contribution is -0.159. The fourth-order valence-electron chi connectivity index (χ4n) is 2.22. The Morgan fingerprint density at radius 2 is 1.79 bits per heavy atom. The molecular weight excluding hydrogens is 384 g/mol. The van der Waals surface area contributed by atoms with E-state index in [1.807, 2.05) is 0 Å². The number of aromatic nitrogens is 2. The highest BCUT2D eigenvalue weighted by Gasteiger charge is 2.38. The van der Waals surface area contributed by atoms with Gasteiger partial charge in [0.05, 0.1) is 12.7 Å². The molecule has 0 aliphatic heterocycles. The molecule has 0 atom stereocenters. The number of carbonyl (C=O) groups is 1. The normalized spacial score (nSPS) is 11.3. The number of hydrogen-bond donors (Lipinski definition) is 0. The lowest BCUT2D eigenvalue weighted by atomic mass is 10.1. The Kier molecular flexibility index (Phi) is 5.30. The van der Waals surface area contributed by atoms with Crippen LogP contribution in [0.3, 0.4) is 0 Å². The van der Waals surface area contributed by atoms with Crippen molar-refractivity contribution in [1.82, 2.24) is 10.1 Å². The summed E-state index contributed by atoms with van der Waals surface area (Å²) in [7, 11) is 1.51. The number of nitrogens with zero attached hydrogens (tertiary/aromatic N) is 2. The maximum atomic E-state index is 14.2. The predicted octanol–water partition coefficient (Wildman–Crippen LogP) is 4.16. The van der Waals surface area contributed by atoms with Crippen LogP contribution in [0.2, 0.25) is 0 Å². The van der Waals surface area contributed by atoms with Crippen LogP contribution in [0.5, 0.6) is 11.5 Å². The van der Waals surface area contributed by atoms with Crippen molar-refractivity contribution < 1.29 is 36.4 Å². The van der Waals surface area contributed by atoms with Crippen molar-refractivity contribution in [1.29, 1.82) is 0 Å².